The van der Waals surface area contributed by atoms with Gasteiger partial charge in [-0.15, -0.1) is 0 Å². The molecule has 180 valence electrons. The van der Waals surface area contributed by atoms with Crippen LogP contribution in [0.2, 0.25) is 0 Å². The lowest BCUT2D eigenvalue weighted by Gasteiger charge is -2.24. The fourth-order valence-corrected chi connectivity index (χ4v) is 3.49. The zero-order valence-electron chi connectivity index (χ0n) is 21.0. The lowest BCUT2D eigenvalue weighted by Crippen LogP contribution is -2.30. The minimum atomic E-state index is -0.607. The molecule has 1 N–H and O–H groups in total. The van der Waals surface area contributed by atoms with E-state index in [1.54, 1.807) is 0 Å². The number of hydrogen-bond acceptors (Lipinski definition) is 6. The van der Waals surface area contributed by atoms with E-state index in [1.807, 2.05) is 20.8 Å². The molecule has 0 aromatic rings. The predicted molar refractivity (Wildman–Crippen MR) is 119 cm³/mol. The van der Waals surface area contributed by atoms with Gasteiger partial charge in [-0.2, -0.15) is 0 Å². The number of ether oxygens (including phenoxy) is 5. The van der Waals surface area contributed by atoms with Crippen molar-refractivity contribution in [1.29, 1.82) is 0 Å². The Kier molecular flexibility index (Phi) is 11.2. The van der Waals surface area contributed by atoms with E-state index in [9.17, 15) is 5.11 Å². The van der Waals surface area contributed by atoms with Crippen LogP contribution in [-0.4, -0.2) is 55.5 Å². The lowest BCUT2D eigenvalue weighted by atomic mass is 9.88. The van der Waals surface area contributed by atoms with Crippen molar-refractivity contribution in [3.63, 3.8) is 0 Å². The molecule has 0 aromatic carbocycles. The molecule has 0 amide bonds. The molecule has 2 heterocycles. The first-order chi connectivity index (χ1) is 13.7. The Morgan fingerprint density at radius 1 is 1.00 bits per heavy atom. The highest BCUT2D eigenvalue weighted by Gasteiger charge is 2.38. The van der Waals surface area contributed by atoms with E-state index in [2.05, 4.69) is 41.5 Å². The van der Waals surface area contributed by atoms with E-state index in [0.717, 1.165) is 25.9 Å². The Labute approximate surface area is 184 Å². The molecule has 0 saturated carbocycles. The molecule has 6 nitrogen and oxygen atoms in total. The SMILES string of the molecule is CC(C)(C)CCC[C@H]1COC(C)(C)O1.CCCOC1O[C@H](CO)[C@@H](CC(C)(C)C)O1. The highest BCUT2D eigenvalue weighted by molar-refractivity contribution is 4.80. The Hall–Kier alpha value is -0.240. The van der Waals surface area contributed by atoms with Crippen molar-refractivity contribution in [3.8, 4) is 0 Å². The van der Waals surface area contributed by atoms with Crippen LogP contribution >= 0.6 is 0 Å². The van der Waals surface area contributed by atoms with E-state index >= 15 is 0 Å². The fourth-order valence-electron chi connectivity index (χ4n) is 3.49. The van der Waals surface area contributed by atoms with E-state index in [-0.39, 0.29) is 30.0 Å². The van der Waals surface area contributed by atoms with Gasteiger partial charge in [-0.1, -0.05) is 54.9 Å². The third kappa shape index (κ3) is 12.0. The average molecular weight is 433 g/mol. The molecule has 0 spiro atoms. The molecule has 2 aliphatic rings. The van der Waals surface area contributed by atoms with Gasteiger partial charge in [0.05, 0.1) is 32.0 Å². The molecule has 2 fully saturated rings. The maximum atomic E-state index is 9.22. The minimum Gasteiger partial charge on any atom is -0.394 e. The van der Waals surface area contributed by atoms with E-state index in [0.29, 0.717) is 18.1 Å². The van der Waals surface area contributed by atoms with Crippen molar-refractivity contribution in [2.45, 2.75) is 125 Å². The second-order valence-electron chi connectivity index (χ2n) is 11.4. The van der Waals surface area contributed by atoms with Crippen LogP contribution in [0.1, 0.15) is 94.4 Å². The van der Waals surface area contributed by atoms with Crippen LogP contribution in [0.25, 0.3) is 0 Å². The summed E-state index contributed by atoms with van der Waals surface area (Å²) in [5.74, 6) is -0.355. The molecule has 4 atom stereocenters. The summed E-state index contributed by atoms with van der Waals surface area (Å²) in [5.41, 5.74) is 0.593. The molecule has 1 unspecified atom stereocenters. The molecule has 2 aliphatic heterocycles. The van der Waals surface area contributed by atoms with Crippen molar-refractivity contribution in [2.75, 3.05) is 19.8 Å². The summed E-state index contributed by atoms with van der Waals surface area (Å²) >= 11 is 0. The van der Waals surface area contributed by atoms with E-state index in [4.69, 9.17) is 23.7 Å². The smallest absolute Gasteiger partial charge is 0.272 e. The van der Waals surface area contributed by atoms with E-state index < -0.39 is 6.48 Å². The highest BCUT2D eigenvalue weighted by Crippen LogP contribution is 2.31. The zero-order valence-corrected chi connectivity index (χ0v) is 21.0. The Bertz CT molecular complexity index is 465. The molecule has 0 aromatic heterocycles. The topological polar surface area (TPSA) is 66.4 Å². The maximum Gasteiger partial charge on any atom is 0.272 e. The highest BCUT2D eigenvalue weighted by atomic mass is 16.9. The van der Waals surface area contributed by atoms with Gasteiger partial charge < -0.3 is 28.8 Å². The number of aliphatic hydroxyl groups is 1. The van der Waals surface area contributed by atoms with Gasteiger partial charge in [0.2, 0.25) is 0 Å². The van der Waals surface area contributed by atoms with Gasteiger partial charge in [0.15, 0.2) is 5.79 Å². The second kappa shape index (κ2) is 12.1. The second-order valence-corrected chi connectivity index (χ2v) is 11.4. The molecule has 0 bridgehead atoms. The summed E-state index contributed by atoms with van der Waals surface area (Å²) in [7, 11) is 0. The van der Waals surface area contributed by atoms with Gasteiger partial charge in [-0.05, 0) is 50.4 Å². The van der Waals surface area contributed by atoms with Crippen molar-refractivity contribution in [1.82, 2.24) is 0 Å². The summed E-state index contributed by atoms with van der Waals surface area (Å²) < 4.78 is 27.7. The molecule has 2 rings (SSSR count). The minimum absolute atomic E-state index is 0.0211. The third-order valence-corrected chi connectivity index (χ3v) is 4.96. The maximum absolute atomic E-state index is 9.22. The van der Waals surface area contributed by atoms with E-state index in [1.165, 1.54) is 12.8 Å². The summed E-state index contributed by atoms with van der Waals surface area (Å²) in [6.45, 7) is 20.0. The monoisotopic (exact) mass is 432 g/mol. The van der Waals surface area contributed by atoms with Crippen molar-refractivity contribution in [3.05, 3.63) is 0 Å². The van der Waals surface area contributed by atoms with Gasteiger partial charge in [-0.25, -0.2) is 0 Å². The standard InChI is InChI=1S/C12H24O4.C12H24O2/c1-5-6-14-11-15-9(7-12(2,3)4)10(8-13)16-11;1-11(2,3)8-6-7-10-9-13-12(4,5)14-10/h9-11,13H,5-8H2,1-4H3;10H,6-9H2,1-5H3/t9-,10-,11?;10-/m10/s1. The van der Waals surface area contributed by atoms with Crippen molar-refractivity contribution < 1.29 is 28.8 Å². The third-order valence-electron chi connectivity index (χ3n) is 4.96. The van der Waals surface area contributed by atoms with Crippen LogP contribution < -0.4 is 0 Å². The molecule has 30 heavy (non-hydrogen) atoms. The fraction of sp³-hybridized carbons (Fsp3) is 1.00. The first-order valence-corrected chi connectivity index (χ1v) is 11.6. The normalized spacial score (nSPS) is 29.0. The summed E-state index contributed by atoms with van der Waals surface area (Å²) in [6, 6.07) is 0. The Balaban J connectivity index is 0.000000303. The van der Waals surface area contributed by atoms with Crippen molar-refractivity contribution in [2.24, 2.45) is 10.8 Å². The van der Waals surface area contributed by atoms with Gasteiger partial charge in [0.25, 0.3) is 6.48 Å². The Morgan fingerprint density at radius 3 is 2.10 bits per heavy atom. The van der Waals surface area contributed by atoms with Crippen molar-refractivity contribution >= 4 is 0 Å². The summed E-state index contributed by atoms with van der Waals surface area (Å²) in [6.07, 6.45) is 5.36. The van der Waals surface area contributed by atoms with Crippen LogP contribution in [0, 0.1) is 10.8 Å². The quantitative estimate of drug-likeness (QED) is 0.564. The number of rotatable bonds is 8. The average Bonchev–Trinajstić information content (AvgIpc) is 3.13. The van der Waals surface area contributed by atoms with Crippen LogP contribution in [0.4, 0.5) is 0 Å². The molecule has 2 saturated heterocycles. The molecular weight excluding hydrogens is 384 g/mol. The zero-order chi connectivity index (χ0) is 23.0. The molecule has 6 heteroatoms. The molecular formula is C24H48O6. The van der Waals surface area contributed by atoms with Crippen LogP contribution in [0.15, 0.2) is 0 Å². The van der Waals surface area contributed by atoms with Gasteiger partial charge in [-0.3, -0.25) is 0 Å². The van der Waals surface area contributed by atoms with Crippen LogP contribution in [0.3, 0.4) is 0 Å². The predicted octanol–water partition coefficient (Wildman–Crippen LogP) is 5.26. The van der Waals surface area contributed by atoms with Gasteiger partial charge in [0, 0.05) is 0 Å². The Morgan fingerprint density at radius 2 is 1.63 bits per heavy atom. The first kappa shape index (κ1) is 27.8. The number of aliphatic hydroxyl groups excluding tert-OH is 1. The largest absolute Gasteiger partial charge is 0.394 e. The summed E-state index contributed by atoms with van der Waals surface area (Å²) in [5, 5.41) is 9.22. The number of hydrogen-bond donors (Lipinski definition) is 1. The van der Waals surface area contributed by atoms with Gasteiger partial charge >= 0.3 is 0 Å². The van der Waals surface area contributed by atoms with Crippen LogP contribution in [-0.2, 0) is 23.7 Å². The summed E-state index contributed by atoms with van der Waals surface area (Å²) in [4.78, 5) is 0. The first-order valence-electron chi connectivity index (χ1n) is 11.6. The molecule has 0 aliphatic carbocycles. The molecule has 0 radical (unpaired) electrons. The van der Waals surface area contributed by atoms with Crippen LogP contribution in [0.5, 0.6) is 0 Å². The lowest BCUT2D eigenvalue weighted by molar-refractivity contribution is -0.244. The van der Waals surface area contributed by atoms with Gasteiger partial charge in [0.1, 0.15) is 6.10 Å².